The molecule has 0 spiro atoms. The number of anilines is 1. The topological polar surface area (TPSA) is 70.6 Å². The molecule has 0 radical (unpaired) electrons. The number of nitrogens with one attached hydrogen (secondary N) is 2. The first-order valence-corrected chi connectivity index (χ1v) is 7.00. The second-order valence-corrected chi connectivity index (χ2v) is 5.19. The minimum Gasteiger partial charge on any atom is -0.508 e. The summed E-state index contributed by atoms with van der Waals surface area (Å²) in [4.78, 5) is 11.8. The number of rotatable bonds is 4. The maximum absolute atomic E-state index is 11.8. The van der Waals surface area contributed by atoms with Gasteiger partial charge in [0, 0.05) is 5.69 Å². The number of aromatic hydroxyl groups is 1. The fraction of sp³-hybridized carbons (Fsp3) is 0.235. The molecule has 2 amide bonds. The Labute approximate surface area is 129 Å². The maximum Gasteiger partial charge on any atom is 0.321 e. The molecule has 3 N–H and O–H groups in total. The third-order valence-electron chi connectivity index (χ3n) is 3.25. The van der Waals surface area contributed by atoms with Crippen LogP contribution in [0.4, 0.5) is 10.5 Å². The first-order chi connectivity index (χ1) is 10.5. The lowest BCUT2D eigenvalue weighted by Crippen LogP contribution is -2.32. The summed E-state index contributed by atoms with van der Waals surface area (Å²) >= 11 is 0. The Morgan fingerprint density at radius 3 is 2.55 bits per heavy atom. The molecular formula is C17H20N2O3. The molecule has 22 heavy (non-hydrogen) atoms. The second kappa shape index (κ2) is 6.85. The molecule has 5 heteroatoms. The zero-order valence-corrected chi connectivity index (χ0v) is 12.9. The van der Waals surface area contributed by atoms with E-state index in [0.29, 0.717) is 5.69 Å². The molecule has 2 rings (SSSR count). The summed E-state index contributed by atoms with van der Waals surface area (Å²) in [7, 11) is 0. The highest BCUT2D eigenvalue weighted by atomic mass is 16.5. The van der Waals surface area contributed by atoms with Gasteiger partial charge in [0.2, 0.25) is 0 Å². The van der Waals surface area contributed by atoms with Crippen LogP contribution in [0.15, 0.2) is 36.4 Å². The normalized spacial score (nSPS) is 10.1. The van der Waals surface area contributed by atoms with Gasteiger partial charge in [-0.15, -0.1) is 0 Å². The number of urea groups is 1. The van der Waals surface area contributed by atoms with Crippen molar-refractivity contribution >= 4 is 11.7 Å². The highest BCUT2D eigenvalue weighted by Gasteiger charge is 2.05. The number of ether oxygens (including phenoxy) is 1. The number of phenols is 1. The van der Waals surface area contributed by atoms with Gasteiger partial charge < -0.3 is 20.5 Å². The Bertz CT molecular complexity index is 684. The van der Waals surface area contributed by atoms with Crippen LogP contribution in [0.1, 0.15) is 16.7 Å². The van der Waals surface area contributed by atoms with Gasteiger partial charge in [0.15, 0.2) is 6.73 Å². The molecule has 2 aromatic rings. The smallest absolute Gasteiger partial charge is 0.321 e. The molecular weight excluding hydrogens is 280 g/mol. The molecule has 0 fully saturated rings. The number of phenolic OH excluding ortho intramolecular Hbond substituents is 1. The van der Waals surface area contributed by atoms with Crippen molar-refractivity contribution in [3.63, 3.8) is 0 Å². The summed E-state index contributed by atoms with van der Waals surface area (Å²) in [6.45, 7) is 5.86. The minimum absolute atomic E-state index is 0.0763. The van der Waals surface area contributed by atoms with Crippen molar-refractivity contribution in [3.8, 4) is 11.5 Å². The number of hydrogen-bond acceptors (Lipinski definition) is 3. The first kappa shape index (κ1) is 15.7. The van der Waals surface area contributed by atoms with Crippen LogP contribution in [0.25, 0.3) is 0 Å². The maximum atomic E-state index is 11.8. The molecule has 0 unspecified atom stereocenters. The van der Waals surface area contributed by atoms with Gasteiger partial charge >= 0.3 is 6.03 Å². The molecule has 0 heterocycles. The van der Waals surface area contributed by atoms with Crippen molar-refractivity contribution in [2.24, 2.45) is 0 Å². The van der Waals surface area contributed by atoms with E-state index in [2.05, 4.69) is 10.6 Å². The molecule has 5 nitrogen and oxygen atoms in total. The van der Waals surface area contributed by atoms with Crippen molar-refractivity contribution in [1.29, 1.82) is 0 Å². The predicted octanol–water partition coefficient (Wildman–Crippen LogP) is 3.48. The zero-order chi connectivity index (χ0) is 16.1. The van der Waals surface area contributed by atoms with E-state index in [1.54, 1.807) is 12.1 Å². The van der Waals surface area contributed by atoms with E-state index in [4.69, 9.17) is 4.74 Å². The van der Waals surface area contributed by atoms with E-state index in [0.717, 1.165) is 16.9 Å². The summed E-state index contributed by atoms with van der Waals surface area (Å²) in [6.07, 6.45) is 0. The molecule has 0 aliphatic heterocycles. The second-order valence-electron chi connectivity index (χ2n) is 5.19. The third kappa shape index (κ3) is 4.15. The Hall–Kier alpha value is -2.69. The Morgan fingerprint density at radius 2 is 1.86 bits per heavy atom. The van der Waals surface area contributed by atoms with Crippen LogP contribution in [-0.4, -0.2) is 17.9 Å². The van der Waals surface area contributed by atoms with Crippen LogP contribution in [0.3, 0.4) is 0 Å². The summed E-state index contributed by atoms with van der Waals surface area (Å²) in [5.74, 6) is 0.911. The molecule has 0 saturated heterocycles. The van der Waals surface area contributed by atoms with E-state index in [-0.39, 0.29) is 18.5 Å². The molecule has 0 bridgehead atoms. The summed E-state index contributed by atoms with van der Waals surface area (Å²) in [6, 6.07) is 10.3. The van der Waals surface area contributed by atoms with Crippen LogP contribution in [0.2, 0.25) is 0 Å². The van der Waals surface area contributed by atoms with Gasteiger partial charge in [0.1, 0.15) is 11.5 Å². The van der Waals surface area contributed by atoms with Crippen LogP contribution >= 0.6 is 0 Å². The van der Waals surface area contributed by atoms with E-state index >= 15 is 0 Å². The first-order valence-electron chi connectivity index (χ1n) is 7.00. The molecule has 116 valence electrons. The Balaban J connectivity index is 1.85. The van der Waals surface area contributed by atoms with Crippen molar-refractivity contribution in [2.75, 3.05) is 12.0 Å². The van der Waals surface area contributed by atoms with Gasteiger partial charge in [-0.3, -0.25) is 0 Å². The van der Waals surface area contributed by atoms with Gasteiger partial charge in [-0.05, 0) is 56.2 Å². The van der Waals surface area contributed by atoms with Crippen LogP contribution in [-0.2, 0) is 0 Å². The molecule has 0 atom stereocenters. The standard InChI is InChI=1S/C17H20N2O3/c1-11-4-7-16(13(3)8-11)22-10-18-17(21)19-15-6-5-14(20)9-12(15)2/h4-9,20H,10H2,1-3H3,(H2,18,19,21). The van der Waals surface area contributed by atoms with Crippen LogP contribution < -0.4 is 15.4 Å². The lowest BCUT2D eigenvalue weighted by Gasteiger charge is -2.12. The van der Waals surface area contributed by atoms with Crippen molar-refractivity contribution in [1.82, 2.24) is 5.32 Å². The molecule has 0 aliphatic rings. The average Bonchev–Trinajstić information content (AvgIpc) is 2.44. The SMILES string of the molecule is Cc1ccc(OCNC(=O)Nc2ccc(O)cc2C)c(C)c1. The third-order valence-corrected chi connectivity index (χ3v) is 3.25. The number of aryl methyl sites for hydroxylation is 3. The number of carbonyl (C=O) groups is 1. The quantitative estimate of drug-likeness (QED) is 0.598. The van der Waals surface area contributed by atoms with E-state index in [1.165, 1.54) is 11.6 Å². The fourth-order valence-electron chi connectivity index (χ4n) is 2.10. The monoisotopic (exact) mass is 300 g/mol. The van der Waals surface area contributed by atoms with E-state index in [1.807, 2.05) is 39.0 Å². The minimum atomic E-state index is -0.362. The van der Waals surface area contributed by atoms with Crippen molar-refractivity contribution in [2.45, 2.75) is 20.8 Å². The lowest BCUT2D eigenvalue weighted by atomic mass is 10.1. The van der Waals surface area contributed by atoms with Gasteiger partial charge in [-0.2, -0.15) is 0 Å². The van der Waals surface area contributed by atoms with Gasteiger partial charge in [0.05, 0.1) is 0 Å². The van der Waals surface area contributed by atoms with Crippen molar-refractivity contribution < 1.29 is 14.6 Å². The number of carbonyl (C=O) groups excluding carboxylic acids is 1. The number of hydrogen-bond donors (Lipinski definition) is 3. The number of amides is 2. The highest BCUT2D eigenvalue weighted by molar-refractivity contribution is 5.90. The molecule has 2 aromatic carbocycles. The summed E-state index contributed by atoms with van der Waals surface area (Å²) in [5, 5.41) is 14.7. The highest BCUT2D eigenvalue weighted by Crippen LogP contribution is 2.20. The zero-order valence-electron chi connectivity index (χ0n) is 12.9. The van der Waals surface area contributed by atoms with Gasteiger partial charge in [-0.1, -0.05) is 17.7 Å². The Morgan fingerprint density at radius 1 is 1.09 bits per heavy atom. The number of benzene rings is 2. The van der Waals surface area contributed by atoms with Crippen molar-refractivity contribution in [3.05, 3.63) is 53.1 Å². The molecule has 0 aliphatic carbocycles. The molecule has 0 saturated carbocycles. The average molecular weight is 300 g/mol. The predicted molar refractivity (Wildman–Crippen MR) is 86.4 cm³/mol. The van der Waals surface area contributed by atoms with Crippen LogP contribution in [0.5, 0.6) is 11.5 Å². The van der Waals surface area contributed by atoms with E-state index < -0.39 is 0 Å². The largest absolute Gasteiger partial charge is 0.508 e. The van der Waals surface area contributed by atoms with E-state index in [9.17, 15) is 9.90 Å². The van der Waals surface area contributed by atoms with Crippen LogP contribution in [0, 0.1) is 20.8 Å². The summed E-state index contributed by atoms with van der Waals surface area (Å²) < 4.78 is 5.54. The summed E-state index contributed by atoms with van der Waals surface area (Å²) in [5.41, 5.74) is 3.61. The molecule has 0 aromatic heterocycles. The lowest BCUT2D eigenvalue weighted by molar-refractivity contribution is 0.234. The van der Waals surface area contributed by atoms with Gasteiger partial charge in [0.25, 0.3) is 0 Å². The van der Waals surface area contributed by atoms with Gasteiger partial charge in [-0.25, -0.2) is 4.79 Å². The fourth-order valence-corrected chi connectivity index (χ4v) is 2.10. The Kier molecular flexibility index (Phi) is 4.88.